The largest absolute Gasteiger partial charge is 0.377 e. The Balaban J connectivity index is 2.46. The Labute approximate surface area is 110 Å². The van der Waals surface area contributed by atoms with Crippen molar-refractivity contribution in [1.82, 2.24) is 10.2 Å². The zero-order chi connectivity index (χ0) is 13.5. The Kier molecular flexibility index (Phi) is 6.60. The average Bonchev–Trinajstić information content (AvgIpc) is 2.78. The molecule has 1 aliphatic rings. The van der Waals surface area contributed by atoms with Crippen LogP contribution < -0.4 is 11.1 Å². The minimum Gasteiger partial charge on any atom is -0.377 e. The van der Waals surface area contributed by atoms with Crippen LogP contribution in [0.25, 0.3) is 0 Å². The second-order valence-electron chi connectivity index (χ2n) is 5.04. The van der Waals surface area contributed by atoms with Crippen molar-refractivity contribution in [3.05, 3.63) is 0 Å². The molecule has 1 rings (SSSR count). The molecule has 106 valence electrons. The van der Waals surface area contributed by atoms with Gasteiger partial charge in [0.2, 0.25) is 5.91 Å². The van der Waals surface area contributed by atoms with E-state index < -0.39 is 0 Å². The molecule has 5 heteroatoms. The van der Waals surface area contributed by atoms with E-state index >= 15 is 0 Å². The van der Waals surface area contributed by atoms with Gasteiger partial charge in [0, 0.05) is 38.2 Å². The van der Waals surface area contributed by atoms with Crippen molar-refractivity contribution in [1.29, 1.82) is 0 Å². The van der Waals surface area contributed by atoms with Gasteiger partial charge in [-0.1, -0.05) is 6.92 Å². The third kappa shape index (κ3) is 4.23. The first kappa shape index (κ1) is 15.4. The number of hydrogen-bond acceptors (Lipinski definition) is 4. The fourth-order valence-corrected chi connectivity index (χ4v) is 2.47. The lowest BCUT2D eigenvalue weighted by Gasteiger charge is -2.33. The number of ether oxygens (including phenoxy) is 1. The van der Waals surface area contributed by atoms with E-state index in [1.807, 2.05) is 14.0 Å². The monoisotopic (exact) mass is 257 g/mol. The number of hydrogen-bond donors (Lipinski definition) is 2. The van der Waals surface area contributed by atoms with Crippen molar-refractivity contribution in [2.45, 2.75) is 51.3 Å². The van der Waals surface area contributed by atoms with Crippen molar-refractivity contribution in [3.8, 4) is 0 Å². The highest BCUT2D eigenvalue weighted by Crippen LogP contribution is 2.20. The molecule has 0 aromatic rings. The van der Waals surface area contributed by atoms with E-state index in [0.717, 1.165) is 26.0 Å². The van der Waals surface area contributed by atoms with Crippen molar-refractivity contribution < 1.29 is 9.53 Å². The molecule has 0 aromatic heterocycles. The predicted molar refractivity (Wildman–Crippen MR) is 72.3 cm³/mol. The molecule has 0 radical (unpaired) electrons. The summed E-state index contributed by atoms with van der Waals surface area (Å²) in [5.74, 6) is 0.0886. The maximum atomic E-state index is 11.7. The van der Waals surface area contributed by atoms with Gasteiger partial charge >= 0.3 is 0 Å². The summed E-state index contributed by atoms with van der Waals surface area (Å²) in [5.41, 5.74) is 5.80. The lowest BCUT2D eigenvalue weighted by Crippen LogP contribution is -2.49. The predicted octanol–water partition coefficient (Wildman–Crippen LogP) is 0.339. The third-order valence-electron chi connectivity index (χ3n) is 3.70. The molecule has 18 heavy (non-hydrogen) atoms. The van der Waals surface area contributed by atoms with E-state index in [9.17, 15) is 4.79 Å². The number of nitrogens with two attached hydrogens (primary N) is 1. The summed E-state index contributed by atoms with van der Waals surface area (Å²) in [6, 6.07) is 0.466. The van der Waals surface area contributed by atoms with E-state index in [-0.39, 0.29) is 18.1 Å². The van der Waals surface area contributed by atoms with Gasteiger partial charge in [0.1, 0.15) is 0 Å². The average molecular weight is 257 g/mol. The molecule has 1 saturated heterocycles. The SMILES string of the molecule is CCCNC(=O)CC(CN)N(C)C1CCOC1C. The molecule has 3 unspecified atom stereocenters. The lowest BCUT2D eigenvalue weighted by molar-refractivity contribution is -0.122. The third-order valence-corrected chi connectivity index (χ3v) is 3.70. The quantitative estimate of drug-likeness (QED) is 0.690. The van der Waals surface area contributed by atoms with Crippen LogP contribution in [-0.2, 0) is 9.53 Å². The van der Waals surface area contributed by atoms with Crippen molar-refractivity contribution in [2.24, 2.45) is 5.73 Å². The standard InChI is InChI=1S/C13H27N3O2/c1-4-6-15-13(17)8-11(9-14)16(3)12-5-7-18-10(12)2/h10-12H,4-9,14H2,1-3H3,(H,15,17). The minimum absolute atomic E-state index is 0.0886. The maximum Gasteiger partial charge on any atom is 0.221 e. The second-order valence-corrected chi connectivity index (χ2v) is 5.04. The van der Waals surface area contributed by atoms with E-state index in [2.05, 4.69) is 17.1 Å². The molecular weight excluding hydrogens is 230 g/mol. The number of nitrogens with zero attached hydrogens (tertiary/aromatic N) is 1. The molecule has 3 atom stereocenters. The number of carbonyl (C=O) groups is 1. The lowest BCUT2D eigenvalue weighted by atomic mass is 10.1. The number of rotatable bonds is 7. The minimum atomic E-state index is 0.0886. The van der Waals surface area contributed by atoms with Gasteiger partial charge < -0.3 is 15.8 Å². The number of carbonyl (C=O) groups excluding carboxylic acids is 1. The summed E-state index contributed by atoms with van der Waals surface area (Å²) in [7, 11) is 2.04. The first-order valence-corrected chi connectivity index (χ1v) is 6.90. The fourth-order valence-electron chi connectivity index (χ4n) is 2.47. The number of likely N-dealkylation sites (N-methyl/N-ethyl adjacent to an activating group) is 1. The molecule has 0 spiro atoms. The molecule has 1 heterocycles. The van der Waals surface area contributed by atoms with Crippen LogP contribution in [0.15, 0.2) is 0 Å². The van der Waals surface area contributed by atoms with Gasteiger partial charge in [-0.15, -0.1) is 0 Å². The van der Waals surface area contributed by atoms with Crippen LogP contribution in [0.2, 0.25) is 0 Å². The van der Waals surface area contributed by atoms with Crippen LogP contribution in [0.4, 0.5) is 0 Å². The van der Waals surface area contributed by atoms with Gasteiger partial charge in [0.05, 0.1) is 6.10 Å². The molecule has 1 aliphatic heterocycles. The van der Waals surface area contributed by atoms with Crippen LogP contribution in [-0.4, -0.2) is 55.7 Å². The van der Waals surface area contributed by atoms with E-state index in [1.165, 1.54) is 0 Å². The molecule has 1 amide bonds. The molecule has 1 fully saturated rings. The van der Waals surface area contributed by atoms with Gasteiger partial charge in [-0.25, -0.2) is 0 Å². The summed E-state index contributed by atoms with van der Waals surface area (Å²) in [4.78, 5) is 14.0. The summed E-state index contributed by atoms with van der Waals surface area (Å²) in [5, 5.41) is 2.90. The Bertz CT molecular complexity index is 261. The molecule has 3 N–H and O–H groups in total. The van der Waals surface area contributed by atoms with Gasteiger partial charge in [-0.05, 0) is 26.8 Å². The molecule has 0 saturated carbocycles. The molecule has 0 bridgehead atoms. The van der Waals surface area contributed by atoms with Crippen LogP contribution in [0.5, 0.6) is 0 Å². The second kappa shape index (κ2) is 7.71. The fraction of sp³-hybridized carbons (Fsp3) is 0.923. The van der Waals surface area contributed by atoms with Crippen molar-refractivity contribution in [3.63, 3.8) is 0 Å². The highest BCUT2D eigenvalue weighted by molar-refractivity contribution is 5.76. The van der Waals surface area contributed by atoms with E-state index in [0.29, 0.717) is 19.0 Å². The Morgan fingerprint density at radius 1 is 1.61 bits per heavy atom. The highest BCUT2D eigenvalue weighted by Gasteiger charge is 2.31. The Hall–Kier alpha value is -0.650. The number of nitrogens with one attached hydrogen (secondary N) is 1. The van der Waals surface area contributed by atoms with Gasteiger partial charge in [0.15, 0.2) is 0 Å². The van der Waals surface area contributed by atoms with E-state index in [4.69, 9.17) is 10.5 Å². The van der Waals surface area contributed by atoms with Gasteiger partial charge in [0.25, 0.3) is 0 Å². The maximum absolute atomic E-state index is 11.7. The first-order valence-electron chi connectivity index (χ1n) is 6.90. The summed E-state index contributed by atoms with van der Waals surface area (Å²) in [6.07, 6.45) is 2.67. The normalized spacial score (nSPS) is 25.4. The summed E-state index contributed by atoms with van der Waals surface area (Å²) >= 11 is 0. The van der Waals surface area contributed by atoms with Crippen LogP contribution in [0.3, 0.4) is 0 Å². The first-order chi connectivity index (χ1) is 8.60. The summed E-state index contributed by atoms with van der Waals surface area (Å²) < 4.78 is 5.57. The Morgan fingerprint density at radius 3 is 2.83 bits per heavy atom. The van der Waals surface area contributed by atoms with Crippen LogP contribution in [0.1, 0.15) is 33.1 Å². The smallest absolute Gasteiger partial charge is 0.221 e. The molecular formula is C13H27N3O2. The van der Waals surface area contributed by atoms with Crippen molar-refractivity contribution in [2.75, 3.05) is 26.7 Å². The van der Waals surface area contributed by atoms with E-state index in [1.54, 1.807) is 0 Å². The van der Waals surface area contributed by atoms with Crippen molar-refractivity contribution >= 4 is 5.91 Å². The molecule has 0 aliphatic carbocycles. The zero-order valence-electron chi connectivity index (χ0n) is 11.8. The van der Waals surface area contributed by atoms with Gasteiger partial charge in [-0.2, -0.15) is 0 Å². The Morgan fingerprint density at radius 2 is 2.33 bits per heavy atom. The molecule has 5 nitrogen and oxygen atoms in total. The zero-order valence-corrected chi connectivity index (χ0v) is 11.8. The topological polar surface area (TPSA) is 67.6 Å². The van der Waals surface area contributed by atoms with Crippen LogP contribution >= 0.6 is 0 Å². The highest BCUT2D eigenvalue weighted by atomic mass is 16.5. The molecule has 0 aromatic carbocycles. The van der Waals surface area contributed by atoms with Gasteiger partial charge in [-0.3, -0.25) is 9.69 Å². The number of amides is 1. The van der Waals surface area contributed by atoms with Crippen LogP contribution in [0, 0.1) is 0 Å². The summed E-state index contributed by atoms with van der Waals surface area (Å²) in [6.45, 7) is 6.17.